The topological polar surface area (TPSA) is 101 Å². The molecule has 0 rings (SSSR count). The van der Waals surface area contributed by atoms with Crippen LogP contribution in [-0.2, 0) is 9.59 Å². The molecule has 0 fully saturated rings. The van der Waals surface area contributed by atoms with E-state index < -0.39 is 18.0 Å². The van der Waals surface area contributed by atoms with Crippen molar-refractivity contribution < 1.29 is 19.8 Å². The van der Waals surface area contributed by atoms with Gasteiger partial charge in [0.05, 0.1) is 0 Å². The van der Waals surface area contributed by atoms with Crippen LogP contribution >= 0.6 is 0 Å². The minimum Gasteiger partial charge on any atom is -0.481 e. The van der Waals surface area contributed by atoms with E-state index in [9.17, 15) is 9.59 Å². The SMILES string of the molecule is CCCCCCCCCCCCCCCCCC.NC(CCC(=O)O)C(=O)O. The molecule has 0 aliphatic heterocycles. The highest BCUT2D eigenvalue weighted by molar-refractivity contribution is 5.74. The molecule has 0 aliphatic rings. The fraction of sp³-hybridized carbons (Fsp3) is 0.913. The van der Waals surface area contributed by atoms with E-state index in [-0.39, 0.29) is 12.8 Å². The van der Waals surface area contributed by atoms with Gasteiger partial charge >= 0.3 is 11.9 Å². The largest absolute Gasteiger partial charge is 0.481 e. The molecule has 0 saturated carbocycles. The van der Waals surface area contributed by atoms with Gasteiger partial charge in [0.25, 0.3) is 0 Å². The molecule has 28 heavy (non-hydrogen) atoms. The summed E-state index contributed by atoms with van der Waals surface area (Å²) >= 11 is 0. The summed E-state index contributed by atoms with van der Waals surface area (Å²) in [6.45, 7) is 4.59. The van der Waals surface area contributed by atoms with Gasteiger partial charge in [0.2, 0.25) is 0 Å². The van der Waals surface area contributed by atoms with E-state index in [1.165, 1.54) is 103 Å². The Morgan fingerprint density at radius 1 is 0.643 bits per heavy atom. The quantitative estimate of drug-likeness (QED) is 0.214. The van der Waals surface area contributed by atoms with Gasteiger partial charge < -0.3 is 15.9 Å². The maximum absolute atomic E-state index is 9.99. The molecule has 1 unspecified atom stereocenters. The van der Waals surface area contributed by atoms with Crippen LogP contribution in [0.4, 0.5) is 0 Å². The molecule has 4 N–H and O–H groups in total. The van der Waals surface area contributed by atoms with Crippen LogP contribution in [-0.4, -0.2) is 28.2 Å². The minimum atomic E-state index is -1.17. The fourth-order valence-corrected chi connectivity index (χ4v) is 3.02. The maximum atomic E-state index is 9.99. The van der Waals surface area contributed by atoms with Crippen LogP contribution in [0.5, 0.6) is 0 Å². The third kappa shape index (κ3) is 27.1. The normalized spacial score (nSPS) is 11.5. The molecule has 0 saturated heterocycles. The van der Waals surface area contributed by atoms with Gasteiger partial charge in [-0.2, -0.15) is 0 Å². The van der Waals surface area contributed by atoms with E-state index in [0.29, 0.717) is 0 Å². The lowest BCUT2D eigenvalue weighted by atomic mass is 10.0. The molecular formula is C23H47NO4. The predicted molar refractivity (Wildman–Crippen MR) is 118 cm³/mol. The van der Waals surface area contributed by atoms with Gasteiger partial charge in [-0.1, -0.05) is 117 Å². The molecule has 0 spiro atoms. The number of nitrogens with two attached hydrogens (primary N) is 1. The Labute approximate surface area is 173 Å². The van der Waals surface area contributed by atoms with Crippen molar-refractivity contribution in [1.29, 1.82) is 0 Å². The predicted octanol–water partition coefficient (Wildman–Crippen LogP) is 6.53. The lowest BCUT2D eigenvalue weighted by molar-refractivity contribution is -0.139. The molecule has 1 atom stereocenters. The number of unbranched alkanes of at least 4 members (excludes halogenated alkanes) is 15. The summed E-state index contributed by atoms with van der Waals surface area (Å²) in [6.07, 6.45) is 23.2. The third-order valence-electron chi connectivity index (χ3n) is 4.94. The molecular weight excluding hydrogens is 354 g/mol. The van der Waals surface area contributed by atoms with Gasteiger partial charge in [-0.15, -0.1) is 0 Å². The molecule has 0 heterocycles. The number of carboxylic acids is 2. The van der Waals surface area contributed by atoms with Crippen molar-refractivity contribution in [2.24, 2.45) is 5.73 Å². The molecule has 5 nitrogen and oxygen atoms in total. The molecule has 0 aromatic rings. The minimum absolute atomic E-state index is 0.0231. The Morgan fingerprint density at radius 2 is 0.929 bits per heavy atom. The van der Waals surface area contributed by atoms with Crippen molar-refractivity contribution in [3.63, 3.8) is 0 Å². The molecule has 5 heteroatoms. The Balaban J connectivity index is 0. The number of carboxylic acid groups (broad SMARTS) is 2. The summed E-state index contributed by atoms with van der Waals surface area (Å²) in [5.74, 6) is -2.20. The lowest BCUT2D eigenvalue weighted by Gasteiger charge is -2.03. The highest BCUT2D eigenvalue weighted by atomic mass is 16.4. The first-order valence-electron chi connectivity index (χ1n) is 11.7. The van der Waals surface area contributed by atoms with Gasteiger partial charge in [-0.05, 0) is 6.42 Å². The first kappa shape index (κ1) is 29.1. The molecule has 168 valence electrons. The van der Waals surface area contributed by atoms with Crippen LogP contribution in [0, 0.1) is 0 Å². The molecule has 0 aliphatic carbocycles. The van der Waals surface area contributed by atoms with Crippen molar-refractivity contribution in [1.82, 2.24) is 0 Å². The van der Waals surface area contributed by atoms with Crippen LogP contribution in [0.15, 0.2) is 0 Å². The number of rotatable bonds is 19. The highest BCUT2D eigenvalue weighted by Crippen LogP contribution is 2.13. The van der Waals surface area contributed by atoms with Crippen molar-refractivity contribution in [2.75, 3.05) is 0 Å². The van der Waals surface area contributed by atoms with Gasteiger partial charge in [0.15, 0.2) is 0 Å². The summed E-state index contributed by atoms with van der Waals surface area (Å²) < 4.78 is 0. The van der Waals surface area contributed by atoms with Crippen molar-refractivity contribution >= 4 is 11.9 Å². The number of aliphatic carboxylic acids is 2. The lowest BCUT2D eigenvalue weighted by Crippen LogP contribution is -2.30. The second-order valence-electron chi connectivity index (χ2n) is 7.83. The summed E-state index contributed by atoms with van der Waals surface area (Å²) in [7, 11) is 0. The van der Waals surface area contributed by atoms with E-state index in [0.717, 1.165) is 0 Å². The van der Waals surface area contributed by atoms with Crippen LogP contribution in [0.1, 0.15) is 129 Å². The van der Waals surface area contributed by atoms with Gasteiger partial charge in [0.1, 0.15) is 6.04 Å². The zero-order valence-corrected chi connectivity index (χ0v) is 18.6. The number of hydrogen-bond donors (Lipinski definition) is 3. The summed E-state index contributed by atoms with van der Waals surface area (Å²) in [5, 5.41) is 16.3. The Bertz CT molecular complexity index is 331. The van der Waals surface area contributed by atoms with E-state index in [4.69, 9.17) is 15.9 Å². The van der Waals surface area contributed by atoms with Crippen LogP contribution < -0.4 is 5.73 Å². The third-order valence-corrected chi connectivity index (χ3v) is 4.94. The summed E-state index contributed by atoms with van der Waals surface area (Å²) in [6, 6.07) is -1.06. The van der Waals surface area contributed by atoms with Crippen LogP contribution in [0.3, 0.4) is 0 Å². The second-order valence-corrected chi connectivity index (χ2v) is 7.83. The van der Waals surface area contributed by atoms with E-state index in [2.05, 4.69) is 13.8 Å². The molecule has 0 amide bonds. The smallest absolute Gasteiger partial charge is 0.320 e. The first-order chi connectivity index (χ1) is 13.5. The average Bonchev–Trinajstić information content (AvgIpc) is 2.66. The monoisotopic (exact) mass is 401 g/mol. The van der Waals surface area contributed by atoms with E-state index in [1.807, 2.05) is 0 Å². The second kappa shape index (κ2) is 23.9. The molecule has 0 aromatic carbocycles. The van der Waals surface area contributed by atoms with Crippen molar-refractivity contribution in [3.05, 3.63) is 0 Å². The zero-order valence-electron chi connectivity index (χ0n) is 18.6. The summed E-state index contributed by atoms with van der Waals surface area (Å²) in [5.41, 5.74) is 5.00. The molecule has 0 radical (unpaired) electrons. The Kier molecular flexibility index (Phi) is 24.9. The van der Waals surface area contributed by atoms with Crippen molar-refractivity contribution in [2.45, 2.75) is 135 Å². The van der Waals surface area contributed by atoms with E-state index in [1.54, 1.807) is 0 Å². The molecule has 0 bridgehead atoms. The van der Waals surface area contributed by atoms with E-state index >= 15 is 0 Å². The Morgan fingerprint density at radius 3 is 1.14 bits per heavy atom. The maximum Gasteiger partial charge on any atom is 0.320 e. The standard InChI is InChI=1S/C18H38.C5H9NO4/c1-3-5-7-9-11-13-15-17-18-16-14-12-10-8-6-4-2;6-3(5(9)10)1-2-4(7)8/h3-18H2,1-2H3;3H,1-2,6H2,(H,7,8)(H,9,10). The van der Waals surface area contributed by atoms with Gasteiger partial charge in [-0.3, -0.25) is 9.59 Å². The average molecular weight is 402 g/mol. The number of carbonyl (C=O) groups is 2. The van der Waals surface area contributed by atoms with Crippen LogP contribution in [0.25, 0.3) is 0 Å². The summed E-state index contributed by atoms with van der Waals surface area (Å²) in [4.78, 5) is 19.9. The fourth-order valence-electron chi connectivity index (χ4n) is 3.02. The highest BCUT2D eigenvalue weighted by Gasteiger charge is 2.12. The van der Waals surface area contributed by atoms with Crippen molar-refractivity contribution in [3.8, 4) is 0 Å². The first-order valence-corrected chi connectivity index (χ1v) is 11.7. The molecule has 0 aromatic heterocycles. The van der Waals surface area contributed by atoms with Gasteiger partial charge in [-0.25, -0.2) is 0 Å². The Hall–Kier alpha value is -1.10. The number of hydrogen-bond acceptors (Lipinski definition) is 3. The zero-order chi connectivity index (χ0) is 21.5. The van der Waals surface area contributed by atoms with Crippen LogP contribution in [0.2, 0.25) is 0 Å². The van der Waals surface area contributed by atoms with Gasteiger partial charge in [0, 0.05) is 6.42 Å².